The van der Waals surface area contributed by atoms with E-state index in [0.29, 0.717) is 18.1 Å². The molecule has 3 rings (SSSR count). The lowest BCUT2D eigenvalue weighted by atomic mass is 10.1. The minimum Gasteiger partial charge on any atom is -0.493 e. The van der Waals surface area contributed by atoms with E-state index in [1.165, 1.54) is 5.56 Å². The summed E-state index contributed by atoms with van der Waals surface area (Å²) in [6.45, 7) is 2.58. The van der Waals surface area contributed by atoms with E-state index in [2.05, 4.69) is 29.6 Å². The van der Waals surface area contributed by atoms with Crippen LogP contribution in [-0.4, -0.2) is 13.3 Å². The topological polar surface area (TPSA) is 42.8 Å². The molecule has 0 spiro atoms. The summed E-state index contributed by atoms with van der Waals surface area (Å²) in [6.07, 6.45) is 1.75. The van der Waals surface area contributed by atoms with Gasteiger partial charge in [0.05, 0.1) is 19.0 Å². The van der Waals surface area contributed by atoms with Crippen molar-refractivity contribution in [1.82, 2.24) is 0 Å². The van der Waals surface area contributed by atoms with Crippen LogP contribution in [0.2, 0.25) is 0 Å². The molecule has 0 radical (unpaired) electrons. The average Bonchev–Trinajstić information content (AvgIpc) is 2.68. The molecule has 26 heavy (non-hydrogen) atoms. The van der Waals surface area contributed by atoms with Crippen molar-refractivity contribution in [2.75, 3.05) is 12.5 Å². The van der Waals surface area contributed by atoms with Crippen LogP contribution in [0, 0.1) is 6.92 Å². The molecule has 0 heterocycles. The molecule has 0 saturated heterocycles. The van der Waals surface area contributed by atoms with Gasteiger partial charge in [0.25, 0.3) is 0 Å². The molecule has 0 amide bonds. The van der Waals surface area contributed by atoms with E-state index in [9.17, 15) is 0 Å². The van der Waals surface area contributed by atoms with Gasteiger partial charge in [-0.05, 0) is 53.9 Å². The largest absolute Gasteiger partial charge is 0.493 e. The Hall–Kier alpha value is -3.27. The Morgan fingerprint density at radius 2 is 1.69 bits per heavy atom. The monoisotopic (exact) mass is 346 g/mol. The zero-order chi connectivity index (χ0) is 18.2. The number of para-hydroxylation sites is 1. The van der Waals surface area contributed by atoms with Crippen LogP contribution >= 0.6 is 0 Å². The van der Waals surface area contributed by atoms with Gasteiger partial charge in [0.2, 0.25) is 0 Å². The Balaban J connectivity index is 1.66. The summed E-state index contributed by atoms with van der Waals surface area (Å²) in [4.78, 5) is 0. The minimum atomic E-state index is 0.506. The highest BCUT2D eigenvalue weighted by Crippen LogP contribution is 2.28. The molecule has 132 valence electrons. The maximum Gasteiger partial charge on any atom is 0.161 e. The van der Waals surface area contributed by atoms with Gasteiger partial charge in [-0.15, -0.1) is 0 Å². The highest BCUT2D eigenvalue weighted by molar-refractivity contribution is 5.81. The zero-order valence-electron chi connectivity index (χ0n) is 15.0. The molecule has 0 unspecified atom stereocenters. The summed E-state index contributed by atoms with van der Waals surface area (Å²) >= 11 is 0. The van der Waals surface area contributed by atoms with Crippen molar-refractivity contribution < 1.29 is 9.47 Å². The molecule has 3 aromatic carbocycles. The van der Waals surface area contributed by atoms with Crippen LogP contribution in [0.25, 0.3) is 0 Å². The first-order valence-electron chi connectivity index (χ1n) is 8.46. The Morgan fingerprint density at radius 3 is 2.46 bits per heavy atom. The van der Waals surface area contributed by atoms with Crippen LogP contribution in [0.15, 0.2) is 77.9 Å². The first-order chi connectivity index (χ1) is 12.8. The average molecular weight is 346 g/mol. The normalized spacial score (nSPS) is 10.7. The third-order valence-corrected chi connectivity index (χ3v) is 4.01. The number of ether oxygens (including phenoxy) is 2. The SMILES string of the molecule is COc1cc(/C=N/Nc2ccccc2)ccc1OCc1ccccc1C. The number of nitrogens with one attached hydrogen (secondary N) is 1. The number of aryl methyl sites for hydroxylation is 1. The number of hydrazone groups is 1. The quantitative estimate of drug-likeness (QED) is 0.482. The predicted octanol–water partition coefficient (Wildman–Crippen LogP) is 5.03. The van der Waals surface area contributed by atoms with Crippen molar-refractivity contribution in [3.63, 3.8) is 0 Å². The van der Waals surface area contributed by atoms with Crippen molar-refractivity contribution in [3.8, 4) is 11.5 Å². The number of rotatable bonds is 7. The molecule has 4 nitrogen and oxygen atoms in total. The molecule has 4 heteroatoms. The second kappa shape index (κ2) is 8.72. The van der Waals surface area contributed by atoms with Crippen molar-refractivity contribution in [1.29, 1.82) is 0 Å². The number of methoxy groups -OCH3 is 1. The fourth-order valence-corrected chi connectivity index (χ4v) is 2.51. The van der Waals surface area contributed by atoms with Crippen molar-refractivity contribution in [2.45, 2.75) is 13.5 Å². The molecular formula is C22H22N2O2. The van der Waals surface area contributed by atoms with Gasteiger partial charge in [-0.1, -0.05) is 42.5 Å². The third-order valence-electron chi connectivity index (χ3n) is 4.01. The first kappa shape index (κ1) is 17.5. The lowest BCUT2D eigenvalue weighted by Crippen LogP contribution is -2.00. The second-order valence-electron chi connectivity index (χ2n) is 5.86. The number of benzene rings is 3. The van der Waals surface area contributed by atoms with Crippen LogP contribution in [0.1, 0.15) is 16.7 Å². The van der Waals surface area contributed by atoms with Crippen molar-refractivity contribution in [3.05, 3.63) is 89.5 Å². The van der Waals surface area contributed by atoms with Gasteiger partial charge >= 0.3 is 0 Å². The first-order valence-corrected chi connectivity index (χ1v) is 8.46. The van der Waals surface area contributed by atoms with E-state index in [0.717, 1.165) is 16.8 Å². The van der Waals surface area contributed by atoms with Crippen LogP contribution < -0.4 is 14.9 Å². The predicted molar refractivity (Wildman–Crippen MR) is 106 cm³/mol. The van der Waals surface area contributed by atoms with Gasteiger partial charge in [0.1, 0.15) is 6.61 Å². The lowest BCUT2D eigenvalue weighted by molar-refractivity contribution is 0.284. The van der Waals surface area contributed by atoms with Gasteiger partial charge in [-0.3, -0.25) is 5.43 Å². The summed E-state index contributed by atoms with van der Waals surface area (Å²) in [5.74, 6) is 1.39. The van der Waals surface area contributed by atoms with Crippen LogP contribution in [0.4, 0.5) is 5.69 Å². The highest BCUT2D eigenvalue weighted by atomic mass is 16.5. The van der Waals surface area contributed by atoms with Gasteiger partial charge < -0.3 is 9.47 Å². The molecule has 0 saturated carbocycles. The van der Waals surface area contributed by atoms with Crippen LogP contribution in [0.3, 0.4) is 0 Å². The van der Waals surface area contributed by atoms with E-state index in [1.807, 2.05) is 60.7 Å². The smallest absolute Gasteiger partial charge is 0.161 e. The Morgan fingerprint density at radius 1 is 0.923 bits per heavy atom. The molecule has 0 aliphatic carbocycles. The van der Waals surface area contributed by atoms with E-state index >= 15 is 0 Å². The Labute approximate surface area is 154 Å². The molecular weight excluding hydrogens is 324 g/mol. The second-order valence-corrected chi connectivity index (χ2v) is 5.86. The van der Waals surface area contributed by atoms with Gasteiger partial charge in [-0.25, -0.2) is 0 Å². The van der Waals surface area contributed by atoms with E-state index < -0.39 is 0 Å². The maximum atomic E-state index is 5.94. The molecule has 0 fully saturated rings. The number of hydrogen-bond acceptors (Lipinski definition) is 4. The Bertz CT molecular complexity index is 876. The van der Waals surface area contributed by atoms with E-state index in [-0.39, 0.29) is 0 Å². The molecule has 0 aliphatic heterocycles. The van der Waals surface area contributed by atoms with Gasteiger partial charge in [0.15, 0.2) is 11.5 Å². The van der Waals surface area contributed by atoms with Crippen molar-refractivity contribution in [2.24, 2.45) is 5.10 Å². The minimum absolute atomic E-state index is 0.506. The molecule has 0 bridgehead atoms. The van der Waals surface area contributed by atoms with E-state index in [1.54, 1.807) is 13.3 Å². The summed E-state index contributed by atoms with van der Waals surface area (Å²) in [6, 6.07) is 23.8. The zero-order valence-corrected chi connectivity index (χ0v) is 15.0. The highest BCUT2D eigenvalue weighted by Gasteiger charge is 2.06. The standard InChI is InChI=1S/C22H22N2O2/c1-17-8-6-7-9-19(17)16-26-21-13-12-18(14-22(21)25-2)15-23-24-20-10-4-3-5-11-20/h3-15,24H,16H2,1-2H3/b23-15+. The number of anilines is 1. The summed E-state index contributed by atoms with van der Waals surface area (Å²) in [5.41, 5.74) is 7.23. The lowest BCUT2D eigenvalue weighted by Gasteiger charge is -2.12. The van der Waals surface area contributed by atoms with Crippen LogP contribution in [0.5, 0.6) is 11.5 Å². The third kappa shape index (κ3) is 4.63. The Kier molecular flexibility index (Phi) is 5.88. The van der Waals surface area contributed by atoms with Crippen LogP contribution in [-0.2, 0) is 6.61 Å². The summed E-state index contributed by atoms with van der Waals surface area (Å²) < 4.78 is 11.4. The fraction of sp³-hybridized carbons (Fsp3) is 0.136. The molecule has 0 atom stereocenters. The van der Waals surface area contributed by atoms with Crippen molar-refractivity contribution >= 4 is 11.9 Å². The summed E-state index contributed by atoms with van der Waals surface area (Å²) in [5, 5.41) is 4.25. The van der Waals surface area contributed by atoms with Gasteiger partial charge in [-0.2, -0.15) is 5.10 Å². The van der Waals surface area contributed by atoms with E-state index in [4.69, 9.17) is 9.47 Å². The number of nitrogens with zero attached hydrogens (tertiary/aromatic N) is 1. The maximum absolute atomic E-state index is 5.94. The molecule has 1 N–H and O–H groups in total. The molecule has 3 aromatic rings. The fourth-order valence-electron chi connectivity index (χ4n) is 2.51. The van der Waals surface area contributed by atoms with Gasteiger partial charge in [0, 0.05) is 0 Å². The molecule has 0 aromatic heterocycles. The summed E-state index contributed by atoms with van der Waals surface area (Å²) in [7, 11) is 1.64. The molecule has 0 aliphatic rings. The number of hydrogen-bond donors (Lipinski definition) is 1.